The molecule has 3 heterocycles. The van der Waals surface area contributed by atoms with Gasteiger partial charge in [0, 0.05) is 18.1 Å². The minimum Gasteiger partial charge on any atom is -0.497 e. The van der Waals surface area contributed by atoms with Crippen molar-refractivity contribution in [1.29, 1.82) is 0 Å². The lowest BCUT2D eigenvalue weighted by atomic mass is 10.2. The maximum absolute atomic E-state index is 13.4. The number of thioether (sulfide) groups is 1. The van der Waals surface area contributed by atoms with Crippen LogP contribution in [0, 0.1) is 0 Å². The third-order valence-corrected chi connectivity index (χ3v) is 6.85. The van der Waals surface area contributed by atoms with Crippen LogP contribution in [-0.4, -0.2) is 48.1 Å². The molecule has 1 atom stereocenters. The van der Waals surface area contributed by atoms with Crippen LogP contribution in [0.2, 0.25) is 0 Å². The molecule has 0 spiro atoms. The molecule has 0 radical (unpaired) electrons. The molecule has 1 saturated heterocycles. The molecule has 1 aliphatic heterocycles. The molecule has 4 aromatic rings. The minimum absolute atomic E-state index is 0.0413. The highest BCUT2D eigenvalue weighted by molar-refractivity contribution is 7.99. The summed E-state index contributed by atoms with van der Waals surface area (Å²) in [6.45, 7) is 1.03. The summed E-state index contributed by atoms with van der Waals surface area (Å²) < 4.78 is 23.7. The van der Waals surface area contributed by atoms with Gasteiger partial charge in [-0.15, -0.1) is 0 Å². The van der Waals surface area contributed by atoms with Crippen molar-refractivity contribution in [3.8, 4) is 11.5 Å². The smallest absolute Gasteiger partial charge is 0.297 e. The number of amides is 1. The molecule has 9 nitrogen and oxygen atoms in total. The summed E-state index contributed by atoms with van der Waals surface area (Å²) in [4.78, 5) is 31.0. The van der Waals surface area contributed by atoms with E-state index in [9.17, 15) is 9.59 Å². The monoisotopic (exact) mass is 495 g/mol. The summed E-state index contributed by atoms with van der Waals surface area (Å²) >= 11 is 1.19. The quantitative estimate of drug-likeness (QED) is 0.288. The Morgan fingerprint density at radius 1 is 1.23 bits per heavy atom. The Labute approximate surface area is 205 Å². The second-order valence-corrected chi connectivity index (χ2v) is 9.07. The van der Waals surface area contributed by atoms with E-state index in [-0.39, 0.29) is 28.9 Å². The molecule has 0 bridgehead atoms. The van der Waals surface area contributed by atoms with E-state index >= 15 is 0 Å². The number of anilines is 1. The Balaban J connectivity index is 1.45. The first-order chi connectivity index (χ1) is 17.1. The molecule has 1 aliphatic rings. The zero-order chi connectivity index (χ0) is 24.4. The predicted molar refractivity (Wildman–Crippen MR) is 134 cm³/mol. The van der Waals surface area contributed by atoms with Gasteiger partial charge in [0.15, 0.2) is 5.16 Å². The third kappa shape index (κ3) is 4.71. The Kier molecular flexibility index (Phi) is 6.65. The number of carbonyl (C=O) groups excluding carboxylic acids is 1. The summed E-state index contributed by atoms with van der Waals surface area (Å²) in [6, 6.07) is 12.6. The predicted octanol–water partition coefficient (Wildman–Crippen LogP) is 4.07. The number of hydrogen-bond acceptors (Lipinski definition) is 8. The lowest BCUT2D eigenvalue weighted by molar-refractivity contribution is -0.113. The first kappa shape index (κ1) is 23.3. The SMILES string of the molecule is COc1ccc(OC)c(NC(=O)CSc2nc3c(oc4ccccc43)c(=O)n2C[C@@H]2CCCO2)c1. The van der Waals surface area contributed by atoms with E-state index in [0.717, 1.165) is 18.2 Å². The maximum atomic E-state index is 13.4. The van der Waals surface area contributed by atoms with Gasteiger partial charge in [0.2, 0.25) is 11.5 Å². The van der Waals surface area contributed by atoms with Crippen LogP contribution in [0.25, 0.3) is 22.1 Å². The van der Waals surface area contributed by atoms with Gasteiger partial charge in [-0.25, -0.2) is 4.98 Å². The molecule has 182 valence electrons. The van der Waals surface area contributed by atoms with E-state index < -0.39 is 0 Å². The van der Waals surface area contributed by atoms with Gasteiger partial charge in [-0.05, 0) is 37.1 Å². The number of fused-ring (bicyclic) bond motifs is 3. The number of furan rings is 1. The minimum atomic E-state index is -0.279. The summed E-state index contributed by atoms with van der Waals surface area (Å²) in [7, 11) is 3.09. The summed E-state index contributed by atoms with van der Waals surface area (Å²) in [5, 5.41) is 4.05. The van der Waals surface area contributed by atoms with E-state index in [1.165, 1.54) is 18.9 Å². The van der Waals surface area contributed by atoms with Crippen LogP contribution in [0.1, 0.15) is 12.8 Å². The zero-order valence-corrected chi connectivity index (χ0v) is 20.2. The van der Waals surface area contributed by atoms with Crippen LogP contribution in [-0.2, 0) is 16.1 Å². The van der Waals surface area contributed by atoms with Crippen LogP contribution in [0.3, 0.4) is 0 Å². The van der Waals surface area contributed by atoms with Crippen LogP contribution >= 0.6 is 11.8 Å². The summed E-state index contributed by atoms with van der Waals surface area (Å²) in [5.41, 5.74) is 1.52. The topological polar surface area (TPSA) is 105 Å². The maximum Gasteiger partial charge on any atom is 0.297 e. The van der Waals surface area contributed by atoms with E-state index in [1.807, 2.05) is 24.3 Å². The third-order valence-electron chi connectivity index (χ3n) is 5.87. The van der Waals surface area contributed by atoms with Crippen molar-refractivity contribution in [1.82, 2.24) is 9.55 Å². The number of aromatic nitrogens is 2. The second kappa shape index (κ2) is 10.0. The van der Waals surface area contributed by atoms with Gasteiger partial charge in [0.05, 0.1) is 38.3 Å². The number of methoxy groups -OCH3 is 2. The number of hydrogen-bond donors (Lipinski definition) is 1. The van der Waals surface area contributed by atoms with E-state index in [0.29, 0.717) is 46.6 Å². The molecule has 0 saturated carbocycles. The van der Waals surface area contributed by atoms with Gasteiger partial charge < -0.3 is 23.9 Å². The fraction of sp³-hybridized carbons (Fsp3) is 0.320. The number of benzene rings is 2. The highest BCUT2D eigenvalue weighted by Crippen LogP contribution is 2.30. The van der Waals surface area contributed by atoms with Crippen LogP contribution in [0.15, 0.2) is 56.8 Å². The Morgan fingerprint density at radius 2 is 2.09 bits per heavy atom. The molecular weight excluding hydrogens is 470 g/mol. The molecule has 1 N–H and O–H groups in total. The van der Waals surface area contributed by atoms with Crippen molar-refractivity contribution >= 4 is 45.4 Å². The first-order valence-electron chi connectivity index (χ1n) is 11.3. The van der Waals surface area contributed by atoms with E-state index in [2.05, 4.69) is 5.32 Å². The summed E-state index contributed by atoms with van der Waals surface area (Å²) in [5.74, 6) is 0.887. The standard InChI is InChI=1S/C25H25N3O6S/c1-31-15-9-10-20(32-2)18(12-15)26-21(29)14-35-25-27-22-17-7-3-4-8-19(17)34-23(22)24(30)28(25)13-16-6-5-11-33-16/h3-4,7-10,12,16H,5-6,11,13-14H2,1-2H3,(H,26,29)/t16-/m0/s1. The van der Waals surface area contributed by atoms with Crippen molar-refractivity contribution in [2.24, 2.45) is 0 Å². The number of nitrogens with one attached hydrogen (secondary N) is 1. The van der Waals surface area contributed by atoms with Gasteiger partial charge in [0.1, 0.15) is 22.6 Å². The van der Waals surface area contributed by atoms with E-state index in [4.69, 9.17) is 23.6 Å². The lowest BCUT2D eigenvalue weighted by Gasteiger charge is -2.15. The molecule has 0 aliphatic carbocycles. The molecule has 10 heteroatoms. The Hall–Kier alpha value is -3.50. The second-order valence-electron chi connectivity index (χ2n) is 8.12. The first-order valence-corrected chi connectivity index (χ1v) is 12.2. The molecule has 0 unspecified atom stereocenters. The average molecular weight is 496 g/mol. The molecule has 5 rings (SSSR count). The molecule has 1 amide bonds. The van der Waals surface area contributed by atoms with Gasteiger partial charge >= 0.3 is 0 Å². The fourth-order valence-corrected chi connectivity index (χ4v) is 4.95. The molecule has 35 heavy (non-hydrogen) atoms. The largest absolute Gasteiger partial charge is 0.497 e. The summed E-state index contributed by atoms with van der Waals surface area (Å²) in [6.07, 6.45) is 1.74. The van der Waals surface area contributed by atoms with Gasteiger partial charge in [-0.2, -0.15) is 0 Å². The van der Waals surface area contributed by atoms with Crippen molar-refractivity contribution in [2.75, 3.05) is 31.9 Å². The number of ether oxygens (including phenoxy) is 3. The van der Waals surface area contributed by atoms with Crippen LogP contribution in [0.5, 0.6) is 11.5 Å². The number of carbonyl (C=O) groups is 1. The Bertz CT molecular complexity index is 1440. The average Bonchev–Trinajstić information content (AvgIpc) is 3.52. The highest BCUT2D eigenvalue weighted by Gasteiger charge is 2.23. The molecule has 1 fully saturated rings. The van der Waals surface area contributed by atoms with Crippen molar-refractivity contribution in [2.45, 2.75) is 30.6 Å². The number of nitrogens with zero attached hydrogens (tertiary/aromatic N) is 2. The number of para-hydroxylation sites is 1. The van der Waals surface area contributed by atoms with Crippen molar-refractivity contribution in [3.05, 3.63) is 52.8 Å². The zero-order valence-electron chi connectivity index (χ0n) is 19.4. The van der Waals surface area contributed by atoms with Crippen molar-refractivity contribution < 1.29 is 23.4 Å². The number of rotatable bonds is 8. The fourth-order valence-electron chi connectivity index (χ4n) is 4.14. The molecular formula is C25H25N3O6S. The van der Waals surface area contributed by atoms with Crippen molar-refractivity contribution in [3.63, 3.8) is 0 Å². The Morgan fingerprint density at radius 3 is 2.86 bits per heavy atom. The molecule has 2 aromatic heterocycles. The van der Waals surface area contributed by atoms with Gasteiger partial charge in [-0.1, -0.05) is 23.9 Å². The van der Waals surface area contributed by atoms with Gasteiger partial charge in [-0.3, -0.25) is 14.2 Å². The lowest BCUT2D eigenvalue weighted by Crippen LogP contribution is -2.29. The normalized spacial score (nSPS) is 15.5. The highest BCUT2D eigenvalue weighted by atomic mass is 32.2. The van der Waals surface area contributed by atoms with E-state index in [1.54, 1.807) is 29.9 Å². The van der Waals surface area contributed by atoms with Gasteiger partial charge in [0.25, 0.3) is 5.56 Å². The van der Waals surface area contributed by atoms with Crippen LogP contribution in [0.4, 0.5) is 5.69 Å². The molecule has 2 aromatic carbocycles. The van der Waals surface area contributed by atoms with Crippen LogP contribution < -0.4 is 20.3 Å².